The van der Waals surface area contributed by atoms with E-state index in [0.717, 1.165) is 6.07 Å². The summed E-state index contributed by atoms with van der Waals surface area (Å²) in [5.74, 6) is -0.946. The number of anilines is 2. The zero-order chi connectivity index (χ0) is 27.2. The summed E-state index contributed by atoms with van der Waals surface area (Å²) < 4.78 is 46.1. The monoisotopic (exact) mass is 532 g/mol. The van der Waals surface area contributed by atoms with Crippen LogP contribution in [0.5, 0.6) is 11.6 Å². The van der Waals surface area contributed by atoms with Crippen LogP contribution in [-0.2, 0) is 22.4 Å². The number of fused-ring (bicyclic) bond motifs is 2. The van der Waals surface area contributed by atoms with Crippen molar-refractivity contribution in [1.82, 2.24) is 14.9 Å². The van der Waals surface area contributed by atoms with Crippen LogP contribution in [0.1, 0.15) is 31.4 Å². The number of carbonyl (C=O) groups excluding carboxylic acids is 2. The Morgan fingerprint density at radius 1 is 1.29 bits per heavy atom. The molecule has 2 aliphatic heterocycles. The molecule has 38 heavy (non-hydrogen) atoms. The van der Waals surface area contributed by atoms with E-state index < -0.39 is 29.4 Å². The molecule has 3 aliphatic rings. The molecular weight excluding hydrogens is 502 g/mol. The summed E-state index contributed by atoms with van der Waals surface area (Å²) in [6, 6.07) is 0.981. The van der Waals surface area contributed by atoms with Crippen LogP contribution in [0.3, 0.4) is 0 Å². The molecule has 0 bridgehead atoms. The third-order valence-electron chi connectivity index (χ3n) is 6.77. The summed E-state index contributed by atoms with van der Waals surface area (Å²) in [4.78, 5) is 35.8. The molecule has 13 heteroatoms. The highest BCUT2D eigenvalue weighted by Crippen LogP contribution is 2.35. The minimum absolute atomic E-state index is 0.0576. The largest absolute Gasteiger partial charge is 0.489 e. The lowest BCUT2D eigenvalue weighted by Gasteiger charge is -2.25. The molecule has 0 saturated carbocycles. The first-order valence-corrected chi connectivity index (χ1v) is 12.4. The predicted octanol–water partition coefficient (Wildman–Crippen LogP) is 2.02. The number of ether oxygens (including phenoxy) is 3. The molecule has 0 spiro atoms. The highest BCUT2D eigenvalue weighted by molar-refractivity contribution is 5.94. The SMILES string of the molecule is CN(CCC1CN(c2cnc3c(n2)NC(=O)CO3)C(=O)O1)C1Cc2c(F)cc(OCC(C)(C)N)c(F)c2C1. The van der Waals surface area contributed by atoms with Gasteiger partial charge in [0.2, 0.25) is 0 Å². The molecule has 0 radical (unpaired) electrons. The van der Waals surface area contributed by atoms with E-state index in [4.69, 9.17) is 19.9 Å². The molecule has 1 saturated heterocycles. The van der Waals surface area contributed by atoms with E-state index in [-0.39, 0.29) is 55.0 Å². The summed E-state index contributed by atoms with van der Waals surface area (Å²) in [7, 11) is 1.88. The molecule has 2 unspecified atom stereocenters. The Hall–Kier alpha value is -3.58. The number of nitrogens with one attached hydrogen (secondary N) is 1. The molecule has 5 rings (SSSR count). The van der Waals surface area contributed by atoms with Crippen LogP contribution in [0, 0.1) is 11.6 Å². The molecule has 1 aromatic heterocycles. The van der Waals surface area contributed by atoms with E-state index in [0.29, 0.717) is 36.9 Å². The maximum Gasteiger partial charge on any atom is 0.415 e. The zero-order valence-corrected chi connectivity index (χ0v) is 21.4. The third-order valence-corrected chi connectivity index (χ3v) is 6.77. The lowest BCUT2D eigenvalue weighted by atomic mass is 10.1. The zero-order valence-electron chi connectivity index (χ0n) is 21.4. The van der Waals surface area contributed by atoms with Crippen LogP contribution in [-0.4, -0.2) is 77.9 Å². The number of likely N-dealkylation sites (N-methyl/N-ethyl adjacent to an activating group) is 1. The Morgan fingerprint density at radius 3 is 2.82 bits per heavy atom. The summed E-state index contributed by atoms with van der Waals surface area (Å²) >= 11 is 0. The van der Waals surface area contributed by atoms with Gasteiger partial charge in [-0.15, -0.1) is 0 Å². The van der Waals surface area contributed by atoms with Crippen molar-refractivity contribution in [3.05, 3.63) is 35.0 Å². The fraction of sp³-hybridized carbons (Fsp3) is 0.520. The van der Waals surface area contributed by atoms with Gasteiger partial charge in [-0.3, -0.25) is 9.69 Å². The van der Waals surface area contributed by atoms with E-state index in [1.807, 2.05) is 11.9 Å². The second-order valence-corrected chi connectivity index (χ2v) is 10.6. The highest BCUT2D eigenvalue weighted by atomic mass is 19.1. The highest BCUT2D eigenvalue weighted by Gasteiger charge is 2.36. The Labute approximate surface area is 218 Å². The van der Waals surface area contributed by atoms with Gasteiger partial charge < -0.3 is 30.2 Å². The van der Waals surface area contributed by atoms with Gasteiger partial charge in [0.1, 0.15) is 18.5 Å². The first kappa shape index (κ1) is 26.0. The van der Waals surface area contributed by atoms with Crippen molar-refractivity contribution in [3.63, 3.8) is 0 Å². The number of amides is 2. The van der Waals surface area contributed by atoms with E-state index in [1.54, 1.807) is 13.8 Å². The minimum Gasteiger partial charge on any atom is -0.489 e. The van der Waals surface area contributed by atoms with Crippen molar-refractivity contribution in [2.45, 2.75) is 50.8 Å². The molecule has 1 aliphatic carbocycles. The lowest BCUT2D eigenvalue weighted by Crippen LogP contribution is -2.38. The molecular formula is C25H30F2N6O5. The van der Waals surface area contributed by atoms with Gasteiger partial charge >= 0.3 is 6.09 Å². The van der Waals surface area contributed by atoms with Crippen molar-refractivity contribution in [3.8, 4) is 11.6 Å². The van der Waals surface area contributed by atoms with Crippen molar-refractivity contribution in [2.75, 3.05) is 43.6 Å². The van der Waals surface area contributed by atoms with Crippen LogP contribution >= 0.6 is 0 Å². The number of benzene rings is 1. The number of cyclic esters (lactones) is 1. The minimum atomic E-state index is -0.680. The van der Waals surface area contributed by atoms with Crippen molar-refractivity contribution >= 4 is 23.6 Å². The number of hydrogen-bond donors (Lipinski definition) is 2. The molecule has 3 N–H and O–H groups in total. The van der Waals surface area contributed by atoms with Gasteiger partial charge in [0.05, 0.1) is 12.7 Å². The van der Waals surface area contributed by atoms with Gasteiger partial charge in [-0.1, -0.05) is 0 Å². The molecule has 2 amide bonds. The Morgan fingerprint density at radius 2 is 2.05 bits per heavy atom. The number of halogens is 2. The molecule has 1 fully saturated rings. The Bertz CT molecular complexity index is 1270. The second kappa shape index (κ2) is 9.95. The Kier molecular flexibility index (Phi) is 6.82. The molecule has 204 valence electrons. The summed E-state index contributed by atoms with van der Waals surface area (Å²) in [6.07, 6.45) is 1.62. The van der Waals surface area contributed by atoms with Gasteiger partial charge in [-0.25, -0.2) is 23.5 Å². The normalized spacial score (nSPS) is 20.7. The van der Waals surface area contributed by atoms with Crippen LogP contribution in [0.15, 0.2) is 12.3 Å². The lowest BCUT2D eigenvalue weighted by molar-refractivity contribution is -0.118. The molecule has 2 aromatic rings. The van der Waals surface area contributed by atoms with Gasteiger partial charge in [-0.05, 0) is 51.3 Å². The van der Waals surface area contributed by atoms with E-state index in [1.165, 1.54) is 11.1 Å². The second-order valence-electron chi connectivity index (χ2n) is 10.6. The van der Waals surface area contributed by atoms with Crippen molar-refractivity contribution in [2.24, 2.45) is 5.73 Å². The first-order valence-electron chi connectivity index (χ1n) is 12.4. The average molecular weight is 533 g/mol. The topological polar surface area (TPSA) is 132 Å². The van der Waals surface area contributed by atoms with Crippen LogP contribution in [0.4, 0.5) is 25.2 Å². The van der Waals surface area contributed by atoms with E-state index >= 15 is 4.39 Å². The third kappa shape index (κ3) is 5.34. The van der Waals surface area contributed by atoms with Crippen LogP contribution < -0.4 is 25.4 Å². The first-order chi connectivity index (χ1) is 18.0. The maximum absolute atomic E-state index is 15.1. The predicted molar refractivity (Wildman–Crippen MR) is 132 cm³/mol. The van der Waals surface area contributed by atoms with E-state index in [9.17, 15) is 14.0 Å². The molecule has 1 aromatic carbocycles. The van der Waals surface area contributed by atoms with Gasteiger partial charge in [-0.2, -0.15) is 0 Å². The Balaban J connectivity index is 1.18. The fourth-order valence-electron chi connectivity index (χ4n) is 4.73. The quantitative estimate of drug-likeness (QED) is 0.524. The van der Waals surface area contributed by atoms with Gasteiger partial charge in [0.25, 0.3) is 11.8 Å². The number of rotatable bonds is 8. The standard InChI is InChI=1S/C25H30F2N6O5/c1-25(2,28)12-37-18-8-17(26)15-6-13(7-16(15)21(18)27)32(3)5-4-14-10-33(24(35)38-14)19-9-29-23-22(30-19)31-20(34)11-36-23/h8-9,13-14H,4-7,10-12,28H2,1-3H3,(H,30,31,34). The molecule has 11 nitrogen and oxygen atoms in total. The van der Waals surface area contributed by atoms with Gasteiger partial charge in [0, 0.05) is 24.2 Å². The summed E-state index contributed by atoms with van der Waals surface area (Å²) in [5.41, 5.74) is 5.91. The van der Waals surface area contributed by atoms with Crippen molar-refractivity contribution in [1.29, 1.82) is 0 Å². The fourth-order valence-corrected chi connectivity index (χ4v) is 4.73. The number of carbonyl (C=O) groups is 2. The smallest absolute Gasteiger partial charge is 0.415 e. The molecule has 3 heterocycles. The van der Waals surface area contributed by atoms with E-state index in [2.05, 4.69) is 15.3 Å². The van der Waals surface area contributed by atoms with Crippen LogP contribution in [0.25, 0.3) is 0 Å². The summed E-state index contributed by atoms with van der Waals surface area (Å²) in [5, 5.41) is 2.56. The number of nitrogens with zero attached hydrogens (tertiary/aromatic N) is 4. The van der Waals surface area contributed by atoms with Crippen molar-refractivity contribution < 1.29 is 32.6 Å². The summed E-state index contributed by atoms with van der Waals surface area (Å²) in [6.45, 7) is 4.20. The number of nitrogens with two attached hydrogens (primary N) is 1. The number of hydrogen-bond acceptors (Lipinski definition) is 9. The number of aromatic nitrogens is 2. The molecule has 2 atom stereocenters. The van der Waals surface area contributed by atoms with Gasteiger partial charge in [0.15, 0.2) is 29.8 Å². The maximum atomic E-state index is 15.1. The average Bonchev–Trinajstić information content (AvgIpc) is 3.47. The van der Waals surface area contributed by atoms with Crippen LogP contribution in [0.2, 0.25) is 0 Å².